The summed E-state index contributed by atoms with van der Waals surface area (Å²) in [5.41, 5.74) is 0. The van der Waals surface area contributed by atoms with Crippen LogP contribution >= 0.6 is 0 Å². The molecule has 0 aromatic heterocycles. The molecule has 0 saturated heterocycles. The minimum Gasteiger partial charge on any atom is -0.766 e. The van der Waals surface area contributed by atoms with Crippen LogP contribution in [0.3, 0.4) is 0 Å². The van der Waals surface area contributed by atoms with Crippen molar-refractivity contribution >= 4 is 19.9 Å². The van der Waals surface area contributed by atoms with Crippen molar-refractivity contribution < 1.29 is 72.1 Å². The third-order valence-electron chi connectivity index (χ3n) is 2.16. The summed E-state index contributed by atoms with van der Waals surface area (Å²) in [4.78, 5) is 1.81. The third-order valence-corrected chi connectivity index (χ3v) is 4.89. The third kappa shape index (κ3) is 16.2. The topological polar surface area (TPSA) is 60.4 Å². The number of nitrogens with zero attached hydrogens (tertiary/aromatic N) is 1. The van der Waals surface area contributed by atoms with Gasteiger partial charge in [-0.3, -0.25) is 8.42 Å². The molecule has 94 valence electrons. The molecule has 0 fully saturated rings. The van der Waals surface area contributed by atoms with Crippen molar-refractivity contribution in [3.63, 3.8) is 0 Å². The summed E-state index contributed by atoms with van der Waals surface area (Å²) in [6.07, 6.45) is 5.19. The van der Waals surface area contributed by atoms with E-state index >= 15 is 0 Å². The Hall–Kier alpha value is 2.22. The second-order valence-electron chi connectivity index (χ2n) is 3.83. The molecule has 0 heterocycles. The molecule has 0 aromatic carbocycles. The molecule has 0 bridgehead atoms. The minimum absolute atomic E-state index is 0. The largest absolute Gasteiger partial charge is 1.00 e. The van der Waals surface area contributed by atoms with Gasteiger partial charge in [0.25, 0.3) is 0 Å². The summed E-state index contributed by atoms with van der Waals surface area (Å²) in [5.74, 6) is 0. The predicted molar refractivity (Wildman–Crippen MR) is 64.7 cm³/mol. The fraction of sp³-hybridized carbons (Fsp3) is 1.00. The van der Waals surface area contributed by atoms with Gasteiger partial charge in [0.15, 0.2) is 0 Å². The van der Waals surface area contributed by atoms with Crippen molar-refractivity contribution in [2.75, 3.05) is 14.1 Å². The van der Waals surface area contributed by atoms with Crippen LogP contribution in [-0.4, -0.2) is 37.3 Å². The zero-order chi connectivity index (χ0) is 11.9. The predicted octanol–water partition coefficient (Wildman–Crippen LogP) is -4.87. The van der Waals surface area contributed by atoms with Gasteiger partial charge in [-0.2, -0.15) is 0 Å². The van der Waals surface area contributed by atoms with E-state index < -0.39 is 9.15 Å². The first-order valence-electron chi connectivity index (χ1n) is 5.21. The van der Waals surface area contributed by atoms with E-state index in [0.717, 1.165) is 25.7 Å². The Labute approximate surface area is 153 Å². The van der Waals surface area contributed by atoms with E-state index in [-0.39, 0.29) is 75.3 Å². The van der Waals surface area contributed by atoms with Crippen LogP contribution in [0.25, 0.3) is 0 Å². The minimum atomic E-state index is -4.13. The SMILES string of the molecule is CCCCCCC([SH-]S(=O)(=O)[O-])N(C)C.[Na+].[Na+]. The van der Waals surface area contributed by atoms with Crippen molar-refractivity contribution in [2.45, 2.75) is 44.4 Å². The first-order chi connectivity index (χ1) is 6.87. The normalized spacial score (nSPS) is 13.0. The zero-order valence-electron chi connectivity index (χ0n) is 11.6. The van der Waals surface area contributed by atoms with E-state index in [1.165, 1.54) is 6.42 Å². The molecular formula is C9H21NNa2O3S2. The van der Waals surface area contributed by atoms with E-state index in [0.29, 0.717) is 0 Å². The molecule has 0 aliphatic heterocycles. The Bertz CT molecular complexity index is 261. The Kier molecular flexibility index (Phi) is 18.9. The molecule has 0 aliphatic rings. The summed E-state index contributed by atoms with van der Waals surface area (Å²) in [6, 6.07) is 0. The fourth-order valence-electron chi connectivity index (χ4n) is 1.31. The molecule has 0 saturated carbocycles. The maximum Gasteiger partial charge on any atom is 1.00 e. The molecule has 1 unspecified atom stereocenters. The van der Waals surface area contributed by atoms with Gasteiger partial charge in [0.2, 0.25) is 0 Å². The average molecular weight is 301 g/mol. The van der Waals surface area contributed by atoms with Crippen molar-refractivity contribution in [3.8, 4) is 0 Å². The van der Waals surface area contributed by atoms with Gasteiger partial charge in [0.1, 0.15) is 0 Å². The summed E-state index contributed by atoms with van der Waals surface area (Å²) in [7, 11) is -0.525. The van der Waals surface area contributed by atoms with Crippen LogP contribution < -0.4 is 59.1 Å². The molecule has 17 heavy (non-hydrogen) atoms. The number of rotatable bonds is 8. The van der Waals surface area contributed by atoms with E-state index in [1.54, 1.807) is 0 Å². The molecule has 4 nitrogen and oxygen atoms in total. The summed E-state index contributed by atoms with van der Waals surface area (Å²) < 4.78 is 31.9. The molecule has 0 rings (SSSR count). The van der Waals surface area contributed by atoms with Gasteiger partial charge in [-0.1, -0.05) is 44.4 Å². The Morgan fingerprint density at radius 2 is 1.71 bits per heavy atom. The van der Waals surface area contributed by atoms with Gasteiger partial charge in [0.05, 0.1) is 0 Å². The second kappa shape index (κ2) is 13.2. The van der Waals surface area contributed by atoms with Crippen LogP contribution in [0.5, 0.6) is 0 Å². The van der Waals surface area contributed by atoms with E-state index in [1.807, 2.05) is 19.0 Å². The zero-order valence-corrected chi connectivity index (χ0v) is 17.4. The van der Waals surface area contributed by atoms with Crippen molar-refractivity contribution in [3.05, 3.63) is 0 Å². The number of unbranched alkanes of at least 4 members (excludes halogenated alkanes) is 3. The molecule has 0 spiro atoms. The van der Waals surface area contributed by atoms with Gasteiger partial charge in [0, 0.05) is 9.15 Å². The van der Waals surface area contributed by atoms with Gasteiger partial charge < -0.3 is 20.2 Å². The van der Waals surface area contributed by atoms with Gasteiger partial charge in [-0.05, 0) is 14.1 Å². The monoisotopic (exact) mass is 301 g/mol. The van der Waals surface area contributed by atoms with Gasteiger partial charge in [-0.25, -0.2) is 0 Å². The van der Waals surface area contributed by atoms with Crippen LogP contribution in [0.15, 0.2) is 0 Å². The van der Waals surface area contributed by atoms with Crippen LogP contribution in [0.4, 0.5) is 0 Å². The van der Waals surface area contributed by atoms with Crippen LogP contribution in [0, 0.1) is 0 Å². The molecule has 0 aromatic rings. The van der Waals surface area contributed by atoms with Crippen LogP contribution in [0.1, 0.15) is 39.0 Å². The van der Waals surface area contributed by atoms with Crippen molar-refractivity contribution in [2.24, 2.45) is 0 Å². The number of hydrogen-bond acceptors (Lipinski definition) is 5. The van der Waals surface area contributed by atoms with E-state index in [2.05, 4.69) is 6.92 Å². The molecule has 0 N–H and O–H groups in total. The molecular weight excluding hydrogens is 280 g/mol. The van der Waals surface area contributed by atoms with Gasteiger partial charge >= 0.3 is 59.1 Å². The molecule has 1 atom stereocenters. The molecule has 8 heteroatoms. The molecule has 0 amide bonds. The van der Waals surface area contributed by atoms with Crippen LogP contribution in [0.2, 0.25) is 0 Å². The number of thiol groups is 1. The first-order valence-corrected chi connectivity index (χ1v) is 8.19. The van der Waals surface area contributed by atoms with Crippen LogP contribution in [-0.2, 0) is 19.9 Å². The summed E-state index contributed by atoms with van der Waals surface area (Å²) in [5, 5.41) is -0.163. The fourth-order valence-corrected chi connectivity index (χ4v) is 3.86. The first kappa shape index (κ1) is 24.3. The number of hydrogen-bond donors (Lipinski definition) is 0. The summed E-state index contributed by atoms with van der Waals surface area (Å²) >= 11 is 0. The second-order valence-corrected chi connectivity index (χ2v) is 7.46. The standard InChI is InChI=1S/C9H22NO3S2.2Na/c1-4-5-6-7-8-9(10(2)3)14-15(11,12)13;;/h9,14H,4-8H2,1-3H3,(H,11,12,13);;/q-1;2*+1/p-1. The average Bonchev–Trinajstić information content (AvgIpc) is 2.08. The quantitative estimate of drug-likeness (QED) is 0.113. The maximum atomic E-state index is 10.6. The van der Waals surface area contributed by atoms with E-state index in [9.17, 15) is 13.0 Å². The Morgan fingerprint density at radius 1 is 1.18 bits per heavy atom. The maximum absolute atomic E-state index is 10.6. The van der Waals surface area contributed by atoms with E-state index in [4.69, 9.17) is 0 Å². The molecule has 0 radical (unpaired) electrons. The molecule has 0 aliphatic carbocycles. The van der Waals surface area contributed by atoms with Crippen molar-refractivity contribution in [1.82, 2.24) is 4.90 Å². The van der Waals surface area contributed by atoms with Gasteiger partial charge in [-0.15, -0.1) is 0 Å². The Balaban J connectivity index is -0.000000980. The summed E-state index contributed by atoms with van der Waals surface area (Å²) in [6.45, 7) is 2.13. The van der Waals surface area contributed by atoms with Crippen molar-refractivity contribution in [1.29, 1.82) is 0 Å². The Morgan fingerprint density at radius 3 is 2.06 bits per heavy atom. The smallest absolute Gasteiger partial charge is 0.766 e.